The molecular formula is C8H4Br2N2O3. The summed E-state index contributed by atoms with van der Waals surface area (Å²) in [7, 11) is 0. The van der Waals surface area contributed by atoms with Crippen LogP contribution in [-0.2, 0) is 8.03 Å². The van der Waals surface area contributed by atoms with Crippen LogP contribution in [0.3, 0.4) is 0 Å². The van der Waals surface area contributed by atoms with Crippen LogP contribution in [0, 0.1) is 10.1 Å². The van der Waals surface area contributed by atoms with Gasteiger partial charge < -0.3 is 5.32 Å². The van der Waals surface area contributed by atoms with Crippen molar-refractivity contribution in [2.75, 3.05) is 5.32 Å². The number of alkyl halides is 2. The molecule has 1 aliphatic heterocycles. The third kappa shape index (κ3) is 1.55. The highest BCUT2D eigenvalue weighted by atomic mass is 79.9. The SMILES string of the molecule is O=C1Nc2ccc([N+](=O)[O-])cc2C1(Br)Br. The van der Waals surface area contributed by atoms with Gasteiger partial charge in [-0.25, -0.2) is 0 Å². The Balaban J connectivity index is 2.59. The van der Waals surface area contributed by atoms with Gasteiger partial charge >= 0.3 is 0 Å². The molecule has 1 aromatic rings. The van der Waals surface area contributed by atoms with Crippen molar-refractivity contribution >= 4 is 49.1 Å². The number of benzene rings is 1. The molecule has 0 saturated heterocycles. The first-order valence-corrected chi connectivity index (χ1v) is 5.49. The predicted octanol–water partition coefficient (Wildman–Crippen LogP) is 2.49. The number of nitrogens with zero attached hydrogens (tertiary/aromatic N) is 1. The maximum atomic E-state index is 11.5. The average molecular weight is 336 g/mol. The van der Waals surface area contributed by atoms with Gasteiger partial charge in [0.05, 0.1) is 4.92 Å². The van der Waals surface area contributed by atoms with Crippen LogP contribution >= 0.6 is 31.9 Å². The zero-order valence-corrected chi connectivity index (χ0v) is 10.3. The quantitative estimate of drug-likeness (QED) is 0.487. The molecule has 15 heavy (non-hydrogen) atoms. The molecule has 0 bridgehead atoms. The highest BCUT2D eigenvalue weighted by molar-refractivity contribution is 9.25. The van der Waals surface area contributed by atoms with E-state index in [1.165, 1.54) is 18.2 Å². The first-order valence-electron chi connectivity index (χ1n) is 3.91. The summed E-state index contributed by atoms with van der Waals surface area (Å²) in [4.78, 5) is 21.5. The lowest BCUT2D eigenvalue weighted by Gasteiger charge is -2.09. The molecule has 1 aliphatic rings. The van der Waals surface area contributed by atoms with Crippen molar-refractivity contribution in [3.8, 4) is 0 Å². The molecule has 1 amide bonds. The molecule has 1 aromatic carbocycles. The molecule has 78 valence electrons. The Hall–Kier alpha value is -0.950. The Morgan fingerprint density at radius 2 is 2.07 bits per heavy atom. The van der Waals surface area contributed by atoms with E-state index in [1.54, 1.807) is 0 Å². The van der Waals surface area contributed by atoms with Crippen LogP contribution in [0.1, 0.15) is 5.56 Å². The maximum absolute atomic E-state index is 11.5. The smallest absolute Gasteiger partial charge is 0.269 e. The molecular weight excluding hydrogens is 332 g/mol. The minimum Gasteiger partial charge on any atom is -0.323 e. The summed E-state index contributed by atoms with van der Waals surface area (Å²) in [5.74, 6) is -0.294. The van der Waals surface area contributed by atoms with Crippen molar-refractivity contribution in [1.82, 2.24) is 0 Å². The molecule has 0 saturated carbocycles. The van der Waals surface area contributed by atoms with Crippen molar-refractivity contribution in [2.24, 2.45) is 0 Å². The molecule has 0 unspecified atom stereocenters. The molecule has 1 N–H and O–H groups in total. The van der Waals surface area contributed by atoms with Gasteiger partial charge in [0.2, 0.25) is 0 Å². The molecule has 0 aliphatic carbocycles. The molecule has 0 radical (unpaired) electrons. The van der Waals surface area contributed by atoms with Crippen molar-refractivity contribution < 1.29 is 9.72 Å². The summed E-state index contributed by atoms with van der Waals surface area (Å²) < 4.78 is -1.07. The first-order chi connectivity index (χ1) is 6.93. The van der Waals surface area contributed by atoms with E-state index in [9.17, 15) is 14.9 Å². The van der Waals surface area contributed by atoms with Crippen LogP contribution in [-0.4, -0.2) is 10.8 Å². The molecule has 0 spiro atoms. The number of non-ortho nitro benzene ring substituents is 1. The predicted molar refractivity (Wildman–Crippen MR) is 61.3 cm³/mol. The second-order valence-electron chi connectivity index (χ2n) is 3.02. The van der Waals surface area contributed by atoms with Crippen molar-refractivity contribution in [3.05, 3.63) is 33.9 Å². The Labute approximate surface area is 101 Å². The van der Waals surface area contributed by atoms with Gasteiger partial charge in [-0.1, -0.05) is 31.9 Å². The van der Waals surface area contributed by atoms with Crippen LogP contribution in [0.4, 0.5) is 11.4 Å². The largest absolute Gasteiger partial charge is 0.323 e. The number of hydrogen-bond donors (Lipinski definition) is 1. The molecule has 0 fully saturated rings. The fraction of sp³-hybridized carbons (Fsp3) is 0.125. The van der Waals surface area contributed by atoms with Gasteiger partial charge in [0, 0.05) is 23.4 Å². The third-order valence-corrected chi connectivity index (χ3v) is 3.66. The Kier molecular flexibility index (Phi) is 2.31. The number of nitro benzene ring substituents is 1. The van der Waals surface area contributed by atoms with Crippen LogP contribution in [0.5, 0.6) is 0 Å². The summed E-state index contributed by atoms with van der Waals surface area (Å²) in [6.45, 7) is 0. The number of carbonyl (C=O) groups excluding carboxylic acids is 1. The monoisotopic (exact) mass is 334 g/mol. The highest BCUT2D eigenvalue weighted by Gasteiger charge is 2.43. The molecule has 5 nitrogen and oxygen atoms in total. The van der Waals surface area contributed by atoms with Gasteiger partial charge in [-0.2, -0.15) is 0 Å². The van der Waals surface area contributed by atoms with Crippen LogP contribution in [0.15, 0.2) is 18.2 Å². The van der Waals surface area contributed by atoms with E-state index in [-0.39, 0.29) is 11.6 Å². The second kappa shape index (κ2) is 3.28. The van der Waals surface area contributed by atoms with Crippen molar-refractivity contribution in [2.45, 2.75) is 3.23 Å². The summed E-state index contributed by atoms with van der Waals surface area (Å²) >= 11 is 6.34. The summed E-state index contributed by atoms with van der Waals surface area (Å²) in [5.41, 5.74) is 1.04. The lowest BCUT2D eigenvalue weighted by Crippen LogP contribution is -2.20. The number of carbonyl (C=O) groups is 1. The zero-order chi connectivity index (χ0) is 11.2. The number of nitro groups is 1. The molecule has 0 aromatic heterocycles. The van der Waals surface area contributed by atoms with Gasteiger partial charge in [-0.15, -0.1) is 0 Å². The van der Waals surface area contributed by atoms with E-state index >= 15 is 0 Å². The standard InChI is InChI=1S/C8H4Br2N2O3/c9-8(10)5-3-4(12(14)15)1-2-6(5)11-7(8)13/h1-3H,(H,11,13). The highest BCUT2D eigenvalue weighted by Crippen LogP contribution is 2.48. The van der Waals surface area contributed by atoms with Crippen LogP contribution in [0.2, 0.25) is 0 Å². The lowest BCUT2D eigenvalue weighted by molar-refractivity contribution is -0.384. The number of amides is 1. The molecule has 0 atom stereocenters. The van der Waals surface area contributed by atoms with Gasteiger partial charge in [0.15, 0.2) is 3.23 Å². The number of rotatable bonds is 1. The fourth-order valence-electron chi connectivity index (χ4n) is 1.34. The first kappa shape index (κ1) is 10.6. The van der Waals surface area contributed by atoms with Crippen LogP contribution in [0.25, 0.3) is 0 Å². The molecule has 7 heteroatoms. The number of hydrogen-bond acceptors (Lipinski definition) is 3. The Morgan fingerprint density at radius 3 is 2.67 bits per heavy atom. The molecule has 1 heterocycles. The Bertz CT molecular complexity index is 473. The molecule has 2 rings (SSSR count). The van der Waals surface area contributed by atoms with Crippen molar-refractivity contribution in [3.63, 3.8) is 0 Å². The van der Waals surface area contributed by atoms with E-state index in [2.05, 4.69) is 37.2 Å². The van der Waals surface area contributed by atoms with E-state index in [0.717, 1.165) is 0 Å². The minimum atomic E-state index is -1.07. The van der Waals surface area contributed by atoms with Gasteiger partial charge in [-0.3, -0.25) is 14.9 Å². The summed E-state index contributed by atoms with van der Waals surface area (Å²) in [5, 5.41) is 13.2. The van der Waals surface area contributed by atoms with E-state index in [4.69, 9.17) is 0 Å². The number of halogens is 2. The second-order valence-corrected chi connectivity index (χ2v) is 6.46. The topological polar surface area (TPSA) is 72.2 Å². The summed E-state index contributed by atoms with van der Waals surface area (Å²) in [6, 6.07) is 4.22. The number of nitrogens with one attached hydrogen (secondary N) is 1. The Morgan fingerprint density at radius 1 is 1.40 bits per heavy atom. The lowest BCUT2D eigenvalue weighted by atomic mass is 10.1. The average Bonchev–Trinajstić information content (AvgIpc) is 2.38. The normalized spacial score (nSPS) is 17.1. The van der Waals surface area contributed by atoms with Crippen LogP contribution < -0.4 is 5.32 Å². The van der Waals surface area contributed by atoms with E-state index < -0.39 is 8.16 Å². The number of anilines is 1. The maximum Gasteiger partial charge on any atom is 0.269 e. The zero-order valence-electron chi connectivity index (χ0n) is 7.16. The van der Waals surface area contributed by atoms with Crippen molar-refractivity contribution in [1.29, 1.82) is 0 Å². The van der Waals surface area contributed by atoms with E-state index in [1.807, 2.05) is 0 Å². The van der Waals surface area contributed by atoms with E-state index in [0.29, 0.717) is 11.3 Å². The van der Waals surface area contributed by atoms with Gasteiger partial charge in [-0.05, 0) is 6.07 Å². The summed E-state index contributed by atoms with van der Waals surface area (Å²) in [6.07, 6.45) is 0. The fourth-order valence-corrected chi connectivity index (χ4v) is 2.19. The van der Waals surface area contributed by atoms with Gasteiger partial charge in [0.25, 0.3) is 11.6 Å². The van der Waals surface area contributed by atoms with Gasteiger partial charge in [0.1, 0.15) is 0 Å². The minimum absolute atomic E-state index is 0.0477. The third-order valence-electron chi connectivity index (χ3n) is 2.09. The number of fused-ring (bicyclic) bond motifs is 1.